The summed E-state index contributed by atoms with van der Waals surface area (Å²) in [6, 6.07) is 9.29. The van der Waals surface area contributed by atoms with Gasteiger partial charge in [0.05, 0.1) is 0 Å². The molecule has 1 N–H and O–H groups in total. The first kappa shape index (κ1) is 23.1. The fourth-order valence-corrected chi connectivity index (χ4v) is 4.48. The molecule has 1 aliphatic rings. The van der Waals surface area contributed by atoms with Crippen molar-refractivity contribution in [2.45, 2.75) is 116 Å². The summed E-state index contributed by atoms with van der Waals surface area (Å²) in [5, 5.41) is 3.66. The largest absolute Gasteiger partial charge is 0.314 e. The zero-order chi connectivity index (χ0) is 20.0. The number of Topliss-reactive ketones (excluding diaryl/α,β-unsaturated/α-hetero) is 1. The van der Waals surface area contributed by atoms with Crippen LogP contribution >= 0.6 is 0 Å². The van der Waals surface area contributed by atoms with Crippen LogP contribution in [0.5, 0.6) is 0 Å². The fraction of sp³-hybridized carbons (Fsp3) is 0.731. The molecule has 1 saturated carbocycles. The molecule has 0 atom stereocenters. The van der Waals surface area contributed by atoms with E-state index < -0.39 is 0 Å². The molecule has 0 aliphatic heterocycles. The Hall–Kier alpha value is -1.15. The number of benzene rings is 1. The summed E-state index contributed by atoms with van der Waals surface area (Å²) in [4.78, 5) is 12.4. The quantitative estimate of drug-likeness (QED) is 0.266. The predicted octanol–water partition coefficient (Wildman–Crippen LogP) is 7.43. The van der Waals surface area contributed by atoms with Gasteiger partial charge in [0.2, 0.25) is 0 Å². The summed E-state index contributed by atoms with van der Waals surface area (Å²) in [6.45, 7) is 5.63. The van der Waals surface area contributed by atoms with E-state index >= 15 is 0 Å². The lowest BCUT2D eigenvalue weighted by Gasteiger charge is -2.29. The molecule has 1 aliphatic carbocycles. The molecule has 0 aromatic heterocycles. The molecule has 2 rings (SSSR count). The first-order valence-corrected chi connectivity index (χ1v) is 12.1. The van der Waals surface area contributed by atoms with Gasteiger partial charge >= 0.3 is 0 Å². The SMILES string of the molecule is CCCCCCCCCCC(=O)c1ccc(C2CCC(NCCC)CC2)cc1. The van der Waals surface area contributed by atoms with E-state index in [-0.39, 0.29) is 0 Å². The molecule has 1 fully saturated rings. The zero-order valence-electron chi connectivity index (χ0n) is 18.5. The number of hydrogen-bond acceptors (Lipinski definition) is 2. The van der Waals surface area contributed by atoms with E-state index in [2.05, 4.69) is 43.4 Å². The maximum atomic E-state index is 12.4. The molecule has 0 spiro atoms. The van der Waals surface area contributed by atoms with Gasteiger partial charge in [0.25, 0.3) is 0 Å². The van der Waals surface area contributed by atoms with Gasteiger partial charge < -0.3 is 5.32 Å². The second-order valence-electron chi connectivity index (χ2n) is 8.77. The van der Waals surface area contributed by atoms with Crippen molar-refractivity contribution in [3.8, 4) is 0 Å². The monoisotopic (exact) mass is 385 g/mol. The molecule has 0 amide bonds. The molecule has 2 heteroatoms. The Morgan fingerprint density at radius 2 is 1.43 bits per heavy atom. The Balaban J connectivity index is 1.64. The van der Waals surface area contributed by atoms with Crippen molar-refractivity contribution in [1.29, 1.82) is 0 Å². The van der Waals surface area contributed by atoms with E-state index in [4.69, 9.17) is 0 Å². The third kappa shape index (κ3) is 8.47. The molecule has 2 nitrogen and oxygen atoms in total. The topological polar surface area (TPSA) is 29.1 Å². The van der Waals surface area contributed by atoms with Gasteiger partial charge in [-0.15, -0.1) is 0 Å². The van der Waals surface area contributed by atoms with Crippen LogP contribution in [0.2, 0.25) is 0 Å². The lowest BCUT2D eigenvalue weighted by molar-refractivity contribution is 0.0979. The maximum absolute atomic E-state index is 12.4. The van der Waals surface area contributed by atoms with Crippen molar-refractivity contribution in [2.24, 2.45) is 0 Å². The summed E-state index contributed by atoms with van der Waals surface area (Å²) in [5.74, 6) is 1.00. The molecule has 0 heterocycles. The molecule has 1 aromatic rings. The number of hydrogen-bond donors (Lipinski definition) is 1. The average Bonchev–Trinajstić information content (AvgIpc) is 2.74. The highest BCUT2D eigenvalue weighted by Crippen LogP contribution is 2.33. The third-order valence-electron chi connectivity index (χ3n) is 6.37. The number of carbonyl (C=O) groups excluding carboxylic acids is 1. The Morgan fingerprint density at radius 1 is 0.821 bits per heavy atom. The third-order valence-corrected chi connectivity index (χ3v) is 6.37. The van der Waals surface area contributed by atoms with Gasteiger partial charge in [-0.25, -0.2) is 0 Å². The van der Waals surface area contributed by atoms with Crippen molar-refractivity contribution in [3.63, 3.8) is 0 Å². The van der Waals surface area contributed by atoms with E-state index in [0.717, 1.165) is 18.5 Å². The molecule has 0 radical (unpaired) electrons. The highest BCUT2D eigenvalue weighted by atomic mass is 16.1. The molecule has 0 saturated heterocycles. The van der Waals surface area contributed by atoms with Gasteiger partial charge in [-0.3, -0.25) is 4.79 Å². The Labute approximate surface area is 173 Å². The molecular formula is C26H43NO. The molecule has 158 valence electrons. The van der Waals surface area contributed by atoms with Crippen LogP contribution in [0.15, 0.2) is 24.3 Å². The summed E-state index contributed by atoms with van der Waals surface area (Å²) >= 11 is 0. The van der Waals surface area contributed by atoms with Crippen LogP contribution in [0.3, 0.4) is 0 Å². The van der Waals surface area contributed by atoms with Crippen molar-refractivity contribution in [2.75, 3.05) is 6.54 Å². The first-order valence-electron chi connectivity index (χ1n) is 12.1. The van der Waals surface area contributed by atoms with Crippen LogP contribution in [-0.4, -0.2) is 18.4 Å². The van der Waals surface area contributed by atoms with Crippen LogP contribution in [-0.2, 0) is 0 Å². The second kappa shape index (κ2) is 13.9. The molecular weight excluding hydrogens is 342 g/mol. The van der Waals surface area contributed by atoms with Gasteiger partial charge in [0, 0.05) is 18.0 Å². The predicted molar refractivity (Wildman–Crippen MR) is 121 cm³/mol. The normalized spacial score (nSPS) is 19.6. The summed E-state index contributed by atoms with van der Waals surface area (Å²) < 4.78 is 0. The van der Waals surface area contributed by atoms with Crippen LogP contribution in [0, 0.1) is 0 Å². The Bertz CT molecular complexity index is 528. The summed E-state index contributed by atoms with van der Waals surface area (Å²) in [5.41, 5.74) is 2.34. The Morgan fingerprint density at radius 3 is 2.04 bits per heavy atom. The van der Waals surface area contributed by atoms with E-state index in [9.17, 15) is 4.79 Å². The van der Waals surface area contributed by atoms with Gasteiger partial charge in [-0.05, 0) is 56.6 Å². The van der Waals surface area contributed by atoms with Crippen LogP contribution < -0.4 is 5.32 Å². The van der Waals surface area contributed by atoms with E-state index in [1.165, 1.54) is 82.6 Å². The second-order valence-corrected chi connectivity index (χ2v) is 8.77. The van der Waals surface area contributed by atoms with Crippen molar-refractivity contribution in [1.82, 2.24) is 5.32 Å². The standard InChI is InChI=1S/C26H43NO/c1-3-5-6-7-8-9-10-11-12-26(28)24-15-13-22(14-16-24)23-17-19-25(20-18-23)27-21-4-2/h13-16,23,25,27H,3-12,17-21H2,1-2H3. The molecule has 0 bridgehead atoms. The minimum Gasteiger partial charge on any atom is -0.314 e. The van der Waals surface area contributed by atoms with E-state index in [1.54, 1.807) is 0 Å². The molecule has 0 unspecified atom stereocenters. The number of ketones is 1. The highest BCUT2D eigenvalue weighted by molar-refractivity contribution is 5.96. The van der Waals surface area contributed by atoms with Crippen molar-refractivity contribution >= 4 is 5.78 Å². The number of carbonyl (C=O) groups is 1. The summed E-state index contributed by atoms with van der Waals surface area (Å²) in [7, 11) is 0. The lowest BCUT2D eigenvalue weighted by atomic mass is 9.81. The zero-order valence-corrected chi connectivity index (χ0v) is 18.5. The van der Waals surface area contributed by atoms with Gasteiger partial charge in [0.15, 0.2) is 5.78 Å². The van der Waals surface area contributed by atoms with Gasteiger partial charge in [0.1, 0.15) is 0 Å². The fourth-order valence-electron chi connectivity index (χ4n) is 4.48. The first-order chi connectivity index (χ1) is 13.7. The lowest BCUT2D eigenvalue weighted by Crippen LogP contribution is -2.33. The van der Waals surface area contributed by atoms with Gasteiger partial charge in [-0.1, -0.05) is 83.1 Å². The van der Waals surface area contributed by atoms with Gasteiger partial charge in [-0.2, -0.15) is 0 Å². The smallest absolute Gasteiger partial charge is 0.162 e. The average molecular weight is 386 g/mol. The van der Waals surface area contributed by atoms with Crippen LogP contribution in [0.1, 0.15) is 126 Å². The molecule has 28 heavy (non-hydrogen) atoms. The summed E-state index contributed by atoms with van der Waals surface area (Å²) in [6.07, 6.45) is 17.3. The van der Waals surface area contributed by atoms with Crippen molar-refractivity contribution in [3.05, 3.63) is 35.4 Å². The highest BCUT2D eigenvalue weighted by Gasteiger charge is 2.21. The van der Waals surface area contributed by atoms with E-state index in [1.807, 2.05) is 0 Å². The number of nitrogens with one attached hydrogen (secondary N) is 1. The Kier molecular flexibility index (Phi) is 11.5. The maximum Gasteiger partial charge on any atom is 0.162 e. The minimum absolute atomic E-state index is 0.324. The van der Waals surface area contributed by atoms with Crippen LogP contribution in [0.4, 0.5) is 0 Å². The number of unbranched alkanes of at least 4 members (excludes halogenated alkanes) is 7. The van der Waals surface area contributed by atoms with E-state index in [0.29, 0.717) is 24.2 Å². The van der Waals surface area contributed by atoms with Crippen LogP contribution in [0.25, 0.3) is 0 Å². The molecule has 1 aromatic carbocycles. The minimum atomic E-state index is 0.324. The van der Waals surface area contributed by atoms with Crippen molar-refractivity contribution < 1.29 is 4.79 Å². The number of rotatable bonds is 14.